The summed E-state index contributed by atoms with van der Waals surface area (Å²) >= 11 is 8.23. The first-order valence-electron chi connectivity index (χ1n) is 4.77. The van der Waals surface area contributed by atoms with Crippen molar-refractivity contribution in [3.63, 3.8) is 0 Å². The van der Waals surface area contributed by atoms with E-state index in [0.717, 1.165) is 14.7 Å². The van der Waals surface area contributed by atoms with Crippen molar-refractivity contribution in [2.45, 2.75) is 6.04 Å². The van der Waals surface area contributed by atoms with Crippen LogP contribution in [-0.4, -0.2) is 9.78 Å². The van der Waals surface area contributed by atoms with Gasteiger partial charge in [0.2, 0.25) is 0 Å². The predicted molar refractivity (Wildman–Crippen MR) is 73.4 cm³/mol. The number of benzene rings is 1. The Morgan fingerprint density at radius 3 is 2.88 bits per heavy atom. The van der Waals surface area contributed by atoms with Crippen molar-refractivity contribution in [2.75, 3.05) is 0 Å². The number of aromatic nitrogens is 2. The van der Waals surface area contributed by atoms with Crippen molar-refractivity contribution in [2.24, 2.45) is 12.8 Å². The van der Waals surface area contributed by atoms with Crippen LogP contribution in [0.3, 0.4) is 0 Å². The lowest BCUT2D eigenvalue weighted by Crippen LogP contribution is -2.12. The Bertz CT molecular complexity index is 510. The molecule has 16 heavy (non-hydrogen) atoms. The fraction of sp³-hybridized carbons (Fsp3) is 0.182. The van der Waals surface area contributed by atoms with E-state index in [0.29, 0.717) is 5.02 Å². The molecule has 0 aliphatic carbocycles. The molecule has 0 amide bonds. The van der Waals surface area contributed by atoms with Gasteiger partial charge in [0.1, 0.15) is 0 Å². The fourth-order valence-corrected chi connectivity index (χ4v) is 2.38. The number of hydrogen-bond acceptors (Lipinski definition) is 2. The van der Waals surface area contributed by atoms with Crippen molar-refractivity contribution in [3.05, 3.63) is 50.3 Å². The summed E-state index contributed by atoms with van der Waals surface area (Å²) in [5.41, 5.74) is 8.20. The standard InChI is InChI=1S/C11H11ClIN3/c1-16-6-7(5-15-16)11(14)9-4-8(12)2-3-10(9)13/h2-6,11H,14H2,1H3. The van der Waals surface area contributed by atoms with Crippen molar-refractivity contribution in [1.82, 2.24) is 9.78 Å². The van der Waals surface area contributed by atoms with Crippen LogP contribution in [0.2, 0.25) is 5.02 Å². The van der Waals surface area contributed by atoms with Gasteiger partial charge in [0.15, 0.2) is 0 Å². The van der Waals surface area contributed by atoms with Crippen LogP contribution in [0.4, 0.5) is 0 Å². The molecule has 0 bridgehead atoms. The van der Waals surface area contributed by atoms with Crippen LogP contribution in [0.5, 0.6) is 0 Å². The second-order valence-electron chi connectivity index (χ2n) is 3.59. The summed E-state index contributed by atoms with van der Waals surface area (Å²) in [6, 6.07) is 5.55. The molecule has 1 atom stereocenters. The number of nitrogens with two attached hydrogens (primary N) is 1. The molecule has 1 heterocycles. The molecule has 0 fully saturated rings. The van der Waals surface area contributed by atoms with E-state index in [2.05, 4.69) is 27.7 Å². The topological polar surface area (TPSA) is 43.8 Å². The van der Waals surface area contributed by atoms with Gasteiger partial charge in [0.25, 0.3) is 0 Å². The summed E-state index contributed by atoms with van der Waals surface area (Å²) in [7, 11) is 1.87. The minimum Gasteiger partial charge on any atom is -0.320 e. The van der Waals surface area contributed by atoms with Crippen LogP contribution in [-0.2, 0) is 7.05 Å². The highest BCUT2D eigenvalue weighted by Crippen LogP contribution is 2.26. The minimum absolute atomic E-state index is 0.181. The van der Waals surface area contributed by atoms with E-state index < -0.39 is 0 Å². The van der Waals surface area contributed by atoms with Crippen molar-refractivity contribution in [3.8, 4) is 0 Å². The molecule has 2 aromatic rings. The van der Waals surface area contributed by atoms with Crippen LogP contribution in [0.25, 0.3) is 0 Å². The Morgan fingerprint density at radius 1 is 1.50 bits per heavy atom. The van der Waals surface area contributed by atoms with Crippen LogP contribution < -0.4 is 5.73 Å². The van der Waals surface area contributed by atoms with Crippen molar-refractivity contribution < 1.29 is 0 Å². The molecule has 5 heteroatoms. The number of hydrogen-bond donors (Lipinski definition) is 1. The zero-order chi connectivity index (χ0) is 11.7. The number of rotatable bonds is 2. The first-order chi connectivity index (χ1) is 7.58. The van der Waals surface area contributed by atoms with Gasteiger partial charge in [-0.25, -0.2) is 0 Å². The van der Waals surface area contributed by atoms with E-state index in [1.807, 2.05) is 31.4 Å². The molecule has 0 saturated carbocycles. The molecule has 84 valence electrons. The summed E-state index contributed by atoms with van der Waals surface area (Å²) in [6.45, 7) is 0. The molecule has 0 spiro atoms. The summed E-state index contributed by atoms with van der Waals surface area (Å²) in [5, 5.41) is 4.82. The molecule has 2 rings (SSSR count). The summed E-state index contributed by atoms with van der Waals surface area (Å²) in [4.78, 5) is 0. The van der Waals surface area contributed by atoms with Gasteiger partial charge in [0, 0.05) is 27.4 Å². The number of halogens is 2. The maximum Gasteiger partial charge on any atom is 0.0593 e. The van der Waals surface area contributed by atoms with Gasteiger partial charge in [-0.2, -0.15) is 5.10 Å². The zero-order valence-corrected chi connectivity index (χ0v) is 11.6. The third-order valence-electron chi connectivity index (χ3n) is 2.38. The van der Waals surface area contributed by atoms with Crippen LogP contribution >= 0.6 is 34.2 Å². The monoisotopic (exact) mass is 347 g/mol. The predicted octanol–water partition coefficient (Wildman–Crippen LogP) is 2.73. The smallest absolute Gasteiger partial charge is 0.0593 e. The van der Waals surface area contributed by atoms with E-state index in [-0.39, 0.29) is 6.04 Å². The molecular weight excluding hydrogens is 336 g/mol. The highest BCUT2D eigenvalue weighted by molar-refractivity contribution is 14.1. The Hall–Kier alpha value is -0.590. The molecule has 1 aromatic heterocycles. The maximum absolute atomic E-state index is 6.18. The maximum atomic E-state index is 6.18. The van der Waals surface area contributed by atoms with Gasteiger partial charge >= 0.3 is 0 Å². The number of aryl methyl sites for hydroxylation is 1. The van der Waals surface area contributed by atoms with Gasteiger partial charge in [0.05, 0.1) is 12.2 Å². The molecule has 2 N–H and O–H groups in total. The van der Waals surface area contributed by atoms with E-state index in [9.17, 15) is 0 Å². The SMILES string of the molecule is Cn1cc(C(N)c2cc(Cl)ccc2I)cn1. The molecule has 0 aliphatic heterocycles. The van der Waals surface area contributed by atoms with E-state index in [4.69, 9.17) is 17.3 Å². The first-order valence-corrected chi connectivity index (χ1v) is 6.22. The second-order valence-corrected chi connectivity index (χ2v) is 5.19. The molecule has 1 unspecified atom stereocenters. The first kappa shape index (κ1) is 11.9. The van der Waals surface area contributed by atoms with E-state index >= 15 is 0 Å². The third kappa shape index (κ3) is 2.39. The lowest BCUT2D eigenvalue weighted by molar-refractivity contribution is 0.765. The molecule has 3 nitrogen and oxygen atoms in total. The fourth-order valence-electron chi connectivity index (χ4n) is 1.53. The summed E-state index contributed by atoms with van der Waals surface area (Å²) in [6.07, 6.45) is 3.70. The van der Waals surface area contributed by atoms with Crippen LogP contribution in [0.1, 0.15) is 17.2 Å². The normalized spacial score (nSPS) is 12.8. The molecular formula is C11H11ClIN3. The highest BCUT2D eigenvalue weighted by Gasteiger charge is 2.14. The second kappa shape index (κ2) is 4.73. The van der Waals surface area contributed by atoms with Gasteiger partial charge < -0.3 is 5.73 Å². The van der Waals surface area contributed by atoms with Gasteiger partial charge in [-0.3, -0.25) is 4.68 Å². The zero-order valence-electron chi connectivity index (χ0n) is 8.69. The molecule has 0 saturated heterocycles. The van der Waals surface area contributed by atoms with Gasteiger partial charge in [-0.1, -0.05) is 11.6 Å². The highest BCUT2D eigenvalue weighted by atomic mass is 127. The average Bonchev–Trinajstić information content (AvgIpc) is 2.67. The Kier molecular flexibility index (Phi) is 3.51. The van der Waals surface area contributed by atoms with E-state index in [1.165, 1.54) is 0 Å². The third-order valence-corrected chi connectivity index (χ3v) is 3.59. The lowest BCUT2D eigenvalue weighted by Gasteiger charge is -2.12. The summed E-state index contributed by atoms with van der Waals surface area (Å²) < 4.78 is 2.85. The Labute approximate surface area is 113 Å². The van der Waals surface area contributed by atoms with E-state index in [1.54, 1.807) is 10.9 Å². The Balaban J connectivity index is 2.40. The largest absolute Gasteiger partial charge is 0.320 e. The Morgan fingerprint density at radius 2 is 2.25 bits per heavy atom. The van der Waals surface area contributed by atoms with Crippen LogP contribution in [0, 0.1) is 3.57 Å². The number of nitrogens with zero attached hydrogens (tertiary/aromatic N) is 2. The molecule has 0 aliphatic rings. The van der Waals surface area contributed by atoms with Gasteiger partial charge in [-0.05, 0) is 46.4 Å². The minimum atomic E-state index is -0.181. The van der Waals surface area contributed by atoms with Crippen LogP contribution in [0.15, 0.2) is 30.6 Å². The molecule has 0 radical (unpaired) electrons. The van der Waals surface area contributed by atoms with Gasteiger partial charge in [-0.15, -0.1) is 0 Å². The summed E-state index contributed by atoms with van der Waals surface area (Å²) in [5.74, 6) is 0. The van der Waals surface area contributed by atoms with Crippen molar-refractivity contribution in [1.29, 1.82) is 0 Å². The van der Waals surface area contributed by atoms with Crippen molar-refractivity contribution >= 4 is 34.2 Å². The average molecular weight is 348 g/mol. The quantitative estimate of drug-likeness (QED) is 0.849. The lowest BCUT2D eigenvalue weighted by atomic mass is 10.0. The molecule has 1 aromatic carbocycles.